The number of amides is 1. The highest BCUT2D eigenvalue weighted by Crippen LogP contribution is 2.54. The van der Waals surface area contributed by atoms with Crippen molar-refractivity contribution in [3.63, 3.8) is 0 Å². The summed E-state index contributed by atoms with van der Waals surface area (Å²) in [5, 5.41) is 3.79. The van der Waals surface area contributed by atoms with Crippen molar-refractivity contribution in [2.75, 3.05) is 18.5 Å². The molecular weight excluding hydrogens is 384 g/mol. The molecule has 0 spiro atoms. The lowest BCUT2D eigenvalue weighted by molar-refractivity contribution is -0.113. The van der Waals surface area contributed by atoms with Gasteiger partial charge in [0.25, 0.3) is 5.91 Å². The Labute approximate surface area is 178 Å². The number of rotatable bonds is 3. The second kappa shape index (κ2) is 8.00. The number of hydrogen-bond donors (Lipinski definition) is 1. The summed E-state index contributed by atoms with van der Waals surface area (Å²) in [6.45, 7) is 1.14. The van der Waals surface area contributed by atoms with Crippen molar-refractivity contribution in [3.05, 3.63) is 59.6 Å². The lowest BCUT2D eigenvalue weighted by Crippen LogP contribution is -2.59. The molecule has 1 saturated carbocycles. The molecule has 3 atom stereocenters. The van der Waals surface area contributed by atoms with Gasteiger partial charge in [0, 0.05) is 35.8 Å². The largest absolute Gasteiger partial charge is 0.472 e. The third-order valence-electron chi connectivity index (χ3n) is 7.31. The fourth-order valence-corrected chi connectivity index (χ4v) is 5.93. The van der Waals surface area contributed by atoms with Gasteiger partial charge >= 0.3 is 0 Å². The number of hydrogen-bond acceptors (Lipinski definition) is 3. The molecule has 2 heterocycles. The molecule has 29 heavy (non-hydrogen) atoms. The molecule has 2 bridgehead atoms. The van der Waals surface area contributed by atoms with Crippen molar-refractivity contribution >= 4 is 30.1 Å². The molecule has 1 saturated heterocycles. The number of halogens is 1. The maximum absolute atomic E-state index is 12.6. The van der Waals surface area contributed by atoms with Crippen LogP contribution in [0.25, 0.3) is 6.08 Å². The third kappa shape index (κ3) is 3.43. The molecule has 1 amide bonds. The molecule has 1 aliphatic heterocycles. The highest BCUT2D eigenvalue weighted by molar-refractivity contribution is 6.03. The second-order valence-electron chi connectivity index (χ2n) is 8.65. The summed E-state index contributed by atoms with van der Waals surface area (Å²) in [6, 6.07) is 9.16. The van der Waals surface area contributed by atoms with E-state index in [0.29, 0.717) is 11.5 Å². The van der Waals surface area contributed by atoms with Crippen molar-refractivity contribution in [2.45, 2.75) is 50.0 Å². The van der Waals surface area contributed by atoms with E-state index in [1.165, 1.54) is 37.7 Å². The zero-order valence-corrected chi connectivity index (χ0v) is 17.7. The van der Waals surface area contributed by atoms with Gasteiger partial charge in [0.15, 0.2) is 0 Å². The summed E-state index contributed by atoms with van der Waals surface area (Å²) >= 11 is 0. The first-order chi connectivity index (χ1) is 13.7. The van der Waals surface area contributed by atoms with E-state index in [2.05, 4.69) is 23.5 Å². The standard InChI is InChI=1S/C24H28N2O2.ClH/c1-26(23(27)8-5-17-9-13-28-16-17)19-6-7-20-18(14-19)15-22-21-4-2-3-10-24(20,21)11-12-25-22;/h5-9,13-14,16,21-22,25H,2-4,10-12,15H2,1H3;1H/b8-5+;/t21-,22+,24-;/m0./s1. The van der Waals surface area contributed by atoms with Crippen LogP contribution in [0.5, 0.6) is 0 Å². The van der Waals surface area contributed by atoms with Gasteiger partial charge in [0.2, 0.25) is 0 Å². The second-order valence-corrected chi connectivity index (χ2v) is 8.65. The average Bonchev–Trinajstić information content (AvgIpc) is 3.24. The summed E-state index contributed by atoms with van der Waals surface area (Å²) in [7, 11) is 1.85. The fourth-order valence-electron chi connectivity index (χ4n) is 5.93. The molecule has 5 heteroatoms. The number of piperidine rings is 1. The van der Waals surface area contributed by atoms with E-state index >= 15 is 0 Å². The van der Waals surface area contributed by atoms with Gasteiger partial charge in [0.05, 0.1) is 12.5 Å². The van der Waals surface area contributed by atoms with Crippen LogP contribution >= 0.6 is 12.4 Å². The molecule has 3 aliphatic rings. The van der Waals surface area contributed by atoms with Gasteiger partial charge in [-0.3, -0.25) is 4.79 Å². The Kier molecular flexibility index (Phi) is 5.58. The van der Waals surface area contributed by atoms with Crippen molar-refractivity contribution in [1.82, 2.24) is 5.32 Å². The van der Waals surface area contributed by atoms with E-state index in [0.717, 1.165) is 30.1 Å². The van der Waals surface area contributed by atoms with Gasteiger partial charge in [0.1, 0.15) is 0 Å². The van der Waals surface area contributed by atoms with Gasteiger partial charge in [-0.05, 0) is 73.5 Å². The van der Waals surface area contributed by atoms with Crippen LogP contribution in [0.2, 0.25) is 0 Å². The number of carbonyl (C=O) groups excluding carboxylic acids is 1. The van der Waals surface area contributed by atoms with Crippen LogP contribution in [0.3, 0.4) is 0 Å². The number of fused-ring (bicyclic) bond motifs is 1. The molecular formula is C24H29ClN2O2. The highest BCUT2D eigenvalue weighted by atomic mass is 35.5. The summed E-state index contributed by atoms with van der Waals surface area (Å²) in [5.74, 6) is 0.759. The predicted octanol–water partition coefficient (Wildman–Crippen LogP) is 4.72. The predicted molar refractivity (Wildman–Crippen MR) is 119 cm³/mol. The van der Waals surface area contributed by atoms with Crippen molar-refractivity contribution < 1.29 is 9.21 Å². The molecule has 2 aliphatic carbocycles. The molecule has 1 aromatic carbocycles. The Morgan fingerprint density at radius 1 is 1.28 bits per heavy atom. The first-order valence-electron chi connectivity index (χ1n) is 10.5. The smallest absolute Gasteiger partial charge is 0.250 e. The summed E-state index contributed by atoms with van der Waals surface area (Å²) in [5.41, 5.74) is 5.24. The number of furan rings is 1. The van der Waals surface area contributed by atoms with Crippen LogP contribution in [0.15, 0.2) is 47.3 Å². The molecule has 1 aromatic heterocycles. The first kappa shape index (κ1) is 20.2. The highest BCUT2D eigenvalue weighted by Gasteiger charge is 2.51. The van der Waals surface area contributed by atoms with Crippen molar-refractivity contribution in [3.8, 4) is 0 Å². The van der Waals surface area contributed by atoms with Gasteiger partial charge in [-0.25, -0.2) is 0 Å². The number of benzene rings is 1. The minimum absolute atomic E-state index is 0. The molecule has 0 unspecified atom stereocenters. The Bertz CT molecular complexity index is 904. The fraction of sp³-hybridized carbons (Fsp3) is 0.458. The maximum atomic E-state index is 12.6. The van der Waals surface area contributed by atoms with Crippen LogP contribution in [0.1, 0.15) is 48.8 Å². The van der Waals surface area contributed by atoms with Crippen LogP contribution in [-0.2, 0) is 16.6 Å². The molecule has 4 nitrogen and oxygen atoms in total. The van der Waals surface area contributed by atoms with Gasteiger partial charge in [-0.15, -0.1) is 12.4 Å². The minimum atomic E-state index is -0.0241. The summed E-state index contributed by atoms with van der Waals surface area (Å²) in [6.07, 6.45) is 14.4. The lowest BCUT2D eigenvalue weighted by atomic mass is 9.53. The number of carbonyl (C=O) groups is 1. The quantitative estimate of drug-likeness (QED) is 0.741. The summed E-state index contributed by atoms with van der Waals surface area (Å²) in [4.78, 5) is 14.4. The van der Waals surface area contributed by atoms with E-state index in [9.17, 15) is 4.79 Å². The Morgan fingerprint density at radius 2 is 2.17 bits per heavy atom. The van der Waals surface area contributed by atoms with Crippen molar-refractivity contribution in [2.24, 2.45) is 5.92 Å². The van der Waals surface area contributed by atoms with E-state index in [-0.39, 0.29) is 18.3 Å². The van der Waals surface area contributed by atoms with Crippen molar-refractivity contribution in [1.29, 1.82) is 0 Å². The monoisotopic (exact) mass is 412 g/mol. The zero-order chi connectivity index (χ0) is 19.1. The number of likely N-dealkylation sites (N-methyl/N-ethyl adjacent to an activating group) is 1. The third-order valence-corrected chi connectivity index (χ3v) is 7.31. The Balaban J connectivity index is 0.00000205. The molecule has 5 rings (SSSR count). The number of nitrogens with zero attached hydrogens (tertiary/aromatic N) is 1. The normalized spacial score (nSPS) is 27.6. The van der Waals surface area contributed by atoms with Gasteiger partial charge < -0.3 is 14.6 Å². The minimum Gasteiger partial charge on any atom is -0.472 e. The zero-order valence-electron chi connectivity index (χ0n) is 16.9. The van der Waals surface area contributed by atoms with Crippen LogP contribution < -0.4 is 10.2 Å². The number of nitrogens with one attached hydrogen (secondary N) is 1. The molecule has 1 N–H and O–H groups in total. The number of anilines is 1. The summed E-state index contributed by atoms with van der Waals surface area (Å²) < 4.78 is 5.05. The van der Waals surface area contributed by atoms with Crippen LogP contribution in [-0.4, -0.2) is 25.5 Å². The first-order valence-corrected chi connectivity index (χ1v) is 10.5. The maximum Gasteiger partial charge on any atom is 0.250 e. The average molecular weight is 413 g/mol. The van der Waals surface area contributed by atoms with E-state index in [1.54, 1.807) is 35.1 Å². The van der Waals surface area contributed by atoms with Gasteiger partial charge in [-0.2, -0.15) is 0 Å². The SMILES string of the molecule is CN(C(=O)/C=C/c1ccoc1)c1ccc2c(c1)C[C@H]1NCC[C@@]23CCCC[C@@H]13.Cl. The van der Waals surface area contributed by atoms with Crippen LogP contribution in [0.4, 0.5) is 5.69 Å². The molecule has 0 radical (unpaired) electrons. The molecule has 154 valence electrons. The molecule has 2 fully saturated rings. The van der Waals surface area contributed by atoms with E-state index in [4.69, 9.17) is 4.42 Å². The molecule has 2 aromatic rings. The van der Waals surface area contributed by atoms with E-state index < -0.39 is 0 Å². The van der Waals surface area contributed by atoms with Crippen LogP contribution in [0, 0.1) is 5.92 Å². The lowest BCUT2D eigenvalue weighted by Gasteiger charge is -2.56. The van der Waals surface area contributed by atoms with E-state index in [1.807, 2.05) is 13.1 Å². The topological polar surface area (TPSA) is 45.5 Å². The Hall–Kier alpha value is -2.04. The Morgan fingerprint density at radius 3 is 3.00 bits per heavy atom. The van der Waals surface area contributed by atoms with Gasteiger partial charge in [-0.1, -0.05) is 18.9 Å².